The van der Waals surface area contributed by atoms with Gasteiger partial charge in [-0.15, -0.1) is 22.2 Å². The smallest absolute Gasteiger partial charge is 0.310 e. The fourth-order valence-corrected chi connectivity index (χ4v) is 39.9. The van der Waals surface area contributed by atoms with Gasteiger partial charge in [0.15, 0.2) is 16.1 Å². The van der Waals surface area contributed by atoms with E-state index in [0.29, 0.717) is 0 Å². The Hall–Kier alpha value is -12.1. The first-order chi connectivity index (χ1) is 69.4. The highest BCUT2D eigenvalue weighted by molar-refractivity contribution is 9.11. The fraction of sp³-hybridized carbons (Fsp3) is 0.0977. The molecule has 0 saturated heterocycles. The zero-order valence-electron chi connectivity index (χ0n) is 81.2. The van der Waals surface area contributed by atoms with E-state index in [0.717, 1.165) is 35.2 Å². The average molecular weight is 2340 g/mol. The van der Waals surface area contributed by atoms with Crippen molar-refractivity contribution in [2.24, 2.45) is 0 Å². The van der Waals surface area contributed by atoms with Gasteiger partial charge in [0.2, 0.25) is 0 Å². The van der Waals surface area contributed by atoms with Crippen LogP contribution < -0.4 is 86.1 Å². The first kappa shape index (κ1) is 100. The minimum atomic E-state index is -2.70. The van der Waals surface area contributed by atoms with Gasteiger partial charge < -0.3 is 34.2 Å². The Morgan fingerprint density at radius 2 is 0.483 bits per heavy atom. The summed E-state index contributed by atoms with van der Waals surface area (Å²) in [6.07, 6.45) is 0. The Balaban J connectivity index is 0.000000121. The molecule has 2 nitrogen and oxygen atoms in total. The summed E-state index contributed by atoms with van der Waals surface area (Å²) in [6.45, 7) is 16.4. The second-order valence-corrected chi connectivity index (χ2v) is 57.1. The summed E-state index contributed by atoms with van der Waals surface area (Å²) in [5.74, 6) is 0. The monoisotopic (exact) mass is 2330 g/mol. The maximum atomic E-state index is 6.49. The van der Waals surface area contributed by atoms with E-state index in [1.54, 1.807) is 0 Å². The van der Waals surface area contributed by atoms with Gasteiger partial charge in [-0.25, -0.2) is 0 Å². The van der Waals surface area contributed by atoms with Crippen LogP contribution in [-0.2, 0) is 21.7 Å². The Labute approximate surface area is 917 Å². The maximum Gasteiger partial charge on any atom is 0.310 e. The van der Waals surface area contributed by atoms with Gasteiger partial charge in [0.25, 0.3) is 0 Å². The third-order valence-corrected chi connectivity index (χ3v) is 47.8. The molecule has 4 aliphatic carbocycles. The van der Waals surface area contributed by atoms with E-state index in [4.69, 9.17) is 22.2 Å². The van der Waals surface area contributed by atoms with Crippen LogP contribution in [0.5, 0.6) is 0 Å². The quantitative estimate of drug-likeness (QED) is 0.0745. The van der Waals surface area contributed by atoms with E-state index in [-0.39, 0.29) is 53.1 Å². The molecule has 12 heteroatoms. The lowest BCUT2D eigenvalue weighted by molar-refractivity contribution is -0.0000271. The Bertz CT molecular complexity index is 7930. The van der Waals surface area contributed by atoms with Crippen molar-refractivity contribution in [2.45, 2.75) is 84.5 Å². The minimum Gasteiger partial charge on any atom is -1.00 e. The van der Waals surface area contributed by atoms with Gasteiger partial charge in [0.05, 0.1) is 5.69 Å². The average Bonchev–Trinajstić information content (AvgIpc) is 1.51. The second kappa shape index (κ2) is 40.6. The van der Waals surface area contributed by atoms with Crippen molar-refractivity contribution < 1.29 is 24.0 Å². The molecule has 0 unspecified atom stereocenters. The van der Waals surface area contributed by atoms with Gasteiger partial charge in [0.1, 0.15) is 0 Å². The van der Waals surface area contributed by atoms with Crippen LogP contribution in [0.1, 0.15) is 107 Å². The molecule has 0 amide bonds. The van der Waals surface area contributed by atoms with E-state index in [9.17, 15) is 0 Å². The summed E-state index contributed by atoms with van der Waals surface area (Å²) in [5, 5.41) is 17.3. The van der Waals surface area contributed by atoms with Gasteiger partial charge in [-0.3, -0.25) is 0 Å². The van der Waals surface area contributed by atoms with Crippen LogP contribution in [0, 0.1) is 0 Å². The van der Waals surface area contributed by atoms with Crippen molar-refractivity contribution in [2.75, 3.05) is 10.2 Å². The topological polar surface area (TPSA) is 15.3 Å². The van der Waals surface area contributed by atoms with Crippen molar-refractivity contribution in [3.8, 4) is 77.9 Å². The summed E-state index contributed by atoms with van der Waals surface area (Å²) >= 11 is 27.5. The van der Waals surface area contributed by atoms with Gasteiger partial charge in [0, 0.05) is 73.4 Å². The fourth-order valence-electron chi connectivity index (χ4n) is 23.8. The maximum absolute atomic E-state index is 6.49. The predicted molar refractivity (Wildman–Crippen MR) is 638 cm³/mol. The molecule has 20 aromatic rings. The lowest BCUT2D eigenvalue weighted by Gasteiger charge is -2.33. The highest BCUT2D eigenvalue weighted by Crippen LogP contribution is 2.57. The zero-order valence-corrected chi connectivity index (χ0v) is 94.2. The molecule has 0 bridgehead atoms. The SMILES string of the molecule is Brc1cccc2c1-c1ccccc1[Si]2(c1ccccc1)c1ccccc1.Brc1ccccc1-c1c(Br)cccc1Br.C.CC1(C)c2ccccc2-c2ccc(N(c3ccc4c(c3)C(C)(C)c3ccccc3-4)c3cccc4c3-c3ccccc3[Si]4(c3ccccc3)c3ccccc3)cc21.CC1(C)c2ccccc2-c2ccc(Nc3ccc4c(c3)C(C)(C)c3ccccc3-4)cc21.Cl[Si](Cl)(c1ccccc1)c1ccccc1.[I-]. The molecule has 0 aromatic heterocycles. The standard InChI is InChI=1S/C54H43NSi.C30H27N.C24H17BrSi.C12H7Br3.C12H10Cl2Si.CH4.HI/c1-53(2)45-25-14-11-22-40(45)42-32-30-36(34-47(42)53)55(37-31-33-43-41-23-12-15-26-46(41)54(3,4)48(43)35-37)49-27-17-29-51-52(49)44-24-13-16-28-50(44)56(51,38-18-7-5-8-19-38)39-20-9-6-10-21-39;1-29(2)25-11-7-5-9-21(25)23-15-13-19(17-27(23)29)31-20-14-16-24-22-10-6-8-12-26(22)30(3,4)28(24)18-20;25-21-15-9-17-23-24(21)20-14-7-8-16-22(20)26(23,18-10-3-1-4-11-18)19-12-5-2-6-13-19;13-9-5-2-1-4-8(9)12-10(14)6-3-7-11(12)15;13-15(14,11-7-3-1-4-8-11)12-9-5-2-6-10-12;;/h5-35H,1-4H3;5-18,31H,1-4H3;1-17H;1-7H;1-10H;1H4;1H/p-1. The lowest BCUT2D eigenvalue weighted by atomic mass is 9.82. The number of benzene rings is 20. The molecule has 20 aromatic carbocycles. The van der Waals surface area contributed by atoms with Crippen LogP contribution in [0.4, 0.5) is 28.4 Å². The summed E-state index contributed by atoms with van der Waals surface area (Å²) in [7, 11) is -4.98. The molecule has 712 valence electrons. The summed E-state index contributed by atoms with van der Waals surface area (Å²) in [5.41, 5.74) is 35.4. The number of nitrogens with zero attached hydrogens (tertiary/aromatic N) is 1. The molecular weight excluding hydrogens is 2230 g/mol. The van der Waals surface area contributed by atoms with E-state index in [1.807, 2.05) is 97.1 Å². The first-order valence-electron chi connectivity index (χ1n) is 49.0. The number of nitrogens with one attached hydrogen (secondary N) is 1. The van der Waals surface area contributed by atoms with Crippen LogP contribution in [0.3, 0.4) is 0 Å². The first-order valence-corrected chi connectivity index (χ1v) is 60.2. The van der Waals surface area contributed by atoms with Crippen LogP contribution >= 0.6 is 85.9 Å². The molecule has 2 aliphatic heterocycles. The van der Waals surface area contributed by atoms with Crippen molar-refractivity contribution in [1.82, 2.24) is 0 Å². The molecule has 2 heterocycles. The third-order valence-electron chi connectivity index (χ3n) is 30.6. The summed E-state index contributed by atoms with van der Waals surface area (Å²) in [4.78, 5) is 2.58. The number of hydrogen-bond acceptors (Lipinski definition) is 2. The molecule has 1 N–H and O–H groups in total. The van der Waals surface area contributed by atoms with Crippen LogP contribution in [0.15, 0.2) is 497 Å². The van der Waals surface area contributed by atoms with Crippen molar-refractivity contribution in [3.05, 3.63) is 542 Å². The molecular formula is C133H108Br4Cl2IN2Si3-. The zero-order chi connectivity index (χ0) is 98.3. The normalized spacial score (nSPS) is 14.2. The Kier molecular flexibility index (Phi) is 28.1. The highest BCUT2D eigenvalue weighted by Gasteiger charge is 2.52. The molecule has 0 spiro atoms. The van der Waals surface area contributed by atoms with Crippen LogP contribution in [0.25, 0.3) is 77.9 Å². The Morgan fingerprint density at radius 1 is 0.228 bits per heavy atom. The number of fused-ring (bicyclic) bond motifs is 18. The number of hydrogen-bond donors (Lipinski definition) is 1. The van der Waals surface area contributed by atoms with E-state index in [1.165, 1.54) is 185 Å². The van der Waals surface area contributed by atoms with E-state index < -0.39 is 22.8 Å². The number of halogens is 7. The van der Waals surface area contributed by atoms with Gasteiger partial charge in [-0.05, 0) is 242 Å². The third kappa shape index (κ3) is 17.3. The van der Waals surface area contributed by atoms with Gasteiger partial charge >= 0.3 is 6.69 Å². The van der Waals surface area contributed by atoms with Crippen LogP contribution in [-0.4, -0.2) is 22.8 Å². The largest absolute Gasteiger partial charge is 1.00 e. The van der Waals surface area contributed by atoms with Crippen molar-refractivity contribution in [1.29, 1.82) is 0 Å². The molecule has 0 atom stereocenters. The molecule has 6 aliphatic rings. The predicted octanol–water partition coefficient (Wildman–Crippen LogP) is 29.0. The molecule has 26 rings (SSSR count). The lowest BCUT2D eigenvalue weighted by Crippen LogP contribution is -3.00. The molecule has 0 saturated carbocycles. The van der Waals surface area contributed by atoms with Crippen molar-refractivity contribution >= 4 is 189 Å². The number of anilines is 5. The number of rotatable bonds is 12. The molecule has 0 fully saturated rings. The van der Waals surface area contributed by atoms with Gasteiger partial charge in [-0.1, -0.05) is 527 Å². The molecule has 0 radical (unpaired) electrons. The van der Waals surface area contributed by atoms with Crippen molar-refractivity contribution in [3.63, 3.8) is 0 Å². The second-order valence-electron chi connectivity index (χ2n) is 39.9. The van der Waals surface area contributed by atoms with Gasteiger partial charge in [-0.2, -0.15) is 0 Å². The summed E-state index contributed by atoms with van der Waals surface area (Å²) < 4.78 is 4.45. The Morgan fingerprint density at radius 3 is 0.848 bits per heavy atom. The van der Waals surface area contributed by atoms with E-state index >= 15 is 0 Å². The highest BCUT2D eigenvalue weighted by atomic mass is 127. The molecule has 145 heavy (non-hydrogen) atoms. The van der Waals surface area contributed by atoms with E-state index in [2.05, 4.69) is 512 Å². The van der Waals surface area contributed by atoms with Crippen LogP contribution in [0.2, 0.25) is 0 Å². The summed E-state index contributed by atoms with van der Waals surface area (Å²) in [6, 6.07) is 174. The minimum absolute atomic E-state index is 0.